The van der Waals surface area contributed by atoms with E-state index in [1.54, 1.807) is 88.8 Å². The summed E-state index contributed by atoms with van der Waals surface area (Å²) in [5.41, 5.74) is 4.10. The Morgan fingerprint density at radius 1 is 0.525 bits per heavy atom. The van der Waals surface area contributed by atoms with E-state index in [4.69, 9.17) is 5.26 Å². The summed E-state index contributed by atoms with van der Waals surface area (Å²) in [7, 11) is 9.27. The van der Waals surface area contributed by atoms with Gasteiger partial charge in [0.05, 0.1) is 28.3 Å². The first-order valence-corrected chi connectivity index (χ1v) is 30.9. The van der Waals surface area contributed by atoms with Crippen LogP contribution in [0.5, 0.6) is 0 Å². The molecule has 5 atom stereocenters. The van der Waals surface area contributed by atoms with E-state index in [2.05, 4.69) is 56.3 Å². The molecule has 5 saturated heterocycles. The predicted octanol–water partition coefficient (Wildman–Crippen LogP) is 4.07. The number of halogens is 3. The van der Waals surface area contributed by atoms with Crippen LogP contribution in [-0.4, -0.2) is 189 Å². The number of allylic oxidation sites excluding steroid dienone is 3. The van der Waals surface area contributed by atoms with Gasteiger partial charge in [0.25, 0.3) is 29.5 Å². The largest absolute Gasteiger partial charge is 0.351 e. The third-order valence-electron chi connectivity index (χ3n) is 16.6. The number of imide groups is 3. The Balaban J connectivity index is 0.000000195. The molecule has 99 heavy (non-hydrogen) atoms. The van der Waals surface area contributed by atoms with E-state index >= 15 is 0 Å². The van der Waals surface area contributed by atoms with E-state index in [1.807, 2.05) is 13.0 Å². The van der Waals surface area contributed by atoms with Gasteiger partial charge < -0.3 is 40.0 Å². The molecule has 5 N–H and O–H groups in total. The van der Waals surface area contributed by atoms with Crippen LogP contribution in [0.2, 0.25) is 0 Å². The van der Waals surface area contributed by atoms with Gasteiger partial charge in [0.15, 0.2) is 0 Å². The molecule has 5 unspecified atom stereocenters. The van der Waals surface area contributed by atoms with Crippen molar-refractivity contribution < 1.29 is 75.5 Å². The van der Waals surface area contributed by atoms with Crippen molar-refractivity contribution in [2.24, 2.45) is 0 Å². The number of pyridine rings is 2. The molecule has 0 radical (unpaired) electrons. The molecule has 0 aliphatic carbocycles. The summed E-state index contributed by atoms with van der Waals surface area (Å²) < 4.78 is 40.9. The van der Waals surface area contributed by atoms with Gasteiger partial charge in [-0.05, 0) is 125 Å². The average molecular weight is 1370 g/mol. The molecule has 5 fully saturated rings. The van der Waals surface area contributed by atoms with Gasteiger partial charge in [0.1, 0.15) is 58.9 Å². The Bertz CT molecular complexity index is 4040. The van der Waals surface area contributed by atoms with Gasteiger partial charge in [0, 0.05) is 103 Å². The topological polar surface area (TPSA) is 351 Å². The molecule has 6 aliphatic rings. The van der Waals surface area contributed by atoms with Gasteiger partial charge in [-0.1, -0.05) is 31.9 Å². The van der Waals surface area contributed by atoms with Crippen molar-refractivity contribution in [3.8, 4) is 6.07 Å². The predicted molar refractivity (Wildman–Crippen MR) is 350 cm³/mol. The monoisotopic (exact) mass is 1360 g/mol. The van der Waals surface area contributed by atoms with Crippen molar-refractivity contribution in [2.75, 3.05) is 42.3 Å². The smallest absolute Gasteiger partial charge is 0.273 e. The summed E-state index contributed by atoms with van der Waals surface area (Å²) in [5.74, 6) is -7.81. The number of rotatable bonds is 10. The number of nitriles is 1. The second kappa shape index (κ2) is 34.3. The number of aryl methyl sites for hydroxylation is 2. The zero-order valence-corrected chi connectivity index (χ0v) is 55.7. The molecule has 6 aliphatic heterocycles. The van der Waals surface area contributed by atoms with Crippen LogP contribution >= 0.6 is 0 Å². The molecule has 10 rings (SSSR count). The lowest BCUT2D eigenvalue weighted by atomic mass is 10.0. The maximum atomic E-state index is 13.8. The van der Waals surface area contributed by atoms with Crippen molar-refractivity contribution >= 4 is 76.8 Å². The third-order valence-corrected chi connectivity index (χ3v) is 16.6. The summed E-state index contributed by atoms with van der Waals surface area (Å²) in [6, 6.07) is 12.3. The summed E-state index contributed by atoms with van der Waals surface area (Å²) in [5, 5.41) is 20.7. The molecule has 30 heteroatoms. The number of nitrogens with zero attached hydrogens (tertiary/aromatic N) is 9. The summed E-state index contributed by atoms with van der Waals surface area (Å²) in [6.45, 7) is 14.7. The first-order valence-electron chi connectivity index (χ1n) is 30.9. The summed E-state index contributed by atoms with van der Waals surface area (Å²) in [6.07, 6.45) is 11.8. The number of nitrogens with one attached hydrogen (secondary N) is 5. The summed E-state index contributed by atoms with van der Waals surface area (Å²) >= 11 is 0. The molecule has 2 aromatic carbocycles. The Hall–Kier alpha value is -11.8. The quantitative estimate of drug-likeness (QED) is 0.140. The van der Waals surface area contributed by atoms with Gasteiger partial charge >= 0.3 is 0 Å². The van der Waals surface area contributed by atoms with Crippen LogP contribution in [0.3, 0.4) is 0 Å². The van der Waals surface area contributed by atoms with Crippen molar-refractivity contribution in [3.63, 3.8) is 0 Å². The van der Waals surface area contributed by atoms with Crippen LogP contribution in [0.25, 0.3) is 0 Å². The van der Waals surface area contributed by atoms with Crippen molar-refractivity contribution in [1.82, 2.24) is 66.0 Å². The molecule has 0 spiro atoms. The number of carbonyl (C=O) groups is 13. The molecule has 8 heterocycles. The molecule has 27 nitrogen and oxygen atoms in total. The number of hydrogen-bond acceptors (Lipinski definition) is 17. The number of hydrogen-bond donors (Lipinski definition) is 5. The Kier molecular flexibility index (Phi) is 26.4. The molecule has 520 valence electrons. The van der Waals surface area contributed by atoms with Crippen molar-refractivity contribution in [3.05, 3.63) is 190 Å². The number of aromatic nitrogens is 2. The highest BCUT2D eigenvalue weighted by Crippen LogP contribution is 2.24. The van der Waals surface area contributed by atoms with Gasteiger partial charge in [-0.3, -0.25) is 88.2 Å². The lowest BCUT2D eigenvalue weighted by Crippen LogP contribution is -2.53. The minimum absolute atomic E-state index is 0.189. The fraction of sp³-hybridized carbons (Fsp3) is 0.333. The van der Waals surface area contributed by atoms with E-state index in [9.17, 15) is 75.5 Å². The Morgan fingerprint density at radius 3 is 1.40 bits per heavy atom. The van der Waals surface area contributed by atoms with Crippen LogP contribution in [0.15, 0.2) is 134 Å². The van der Waals surface area contributed by atoms with Gasteiger partial charge in [-0.25, -0.2) is 13.2 Å². The highest BCUT2D eigenvalue weighted by atomic mass is 19.1. The molecule has 0 bridgehead atoms. The normalized spacial score (nSPS) is 19.4. The number of likely N-dealkylation sites (N-methyl/N-ethyl adjacent to an activating group) is 6. The zero-order chi connectivity index (χ0) is 73.3. The number of carbonyl (C=O) groups excluding carboxylic acids is 13. The van der Waals surface area contributed by atoms with Crippen LogP contribution in [0, 0.1) is 42.6 Å². The minimum atomic E-state index is -0.942. The second-order valence-corrected chi connectivity index (χ2v) is 23.6. The standard InChI is InChI=1S/C15H14FN3O2.C14H14F2N2O2.C14H17N3O3.2C13H15N3O3/c1-9-3-6-13(14(20)18-9)19(2)15(21)11-7-10(8-17)4-5-12(11)16;1-8-6-7-11(13(19)17-8)18(2)14(20)12-9(15)4-3-5-10(12)16;1-9-4-5-10(8-16(9)2)14(20)17(3)11-6-7-12(18)15-13(11)19;1-8-3-4-9(7-14-8)13(19)16(2)10-5-6-11(17)15-12(10)18;1-8-4-3-7-14-11(8)13(19)16(2)9-5-6-10(17)15-12(9)18/h4-5,7,13H,1,3,6H2,2H3,(H,18,20);3-5,11H,1,6-7H2,2H3,(H,17,19);4-5,8,11H,1,6-7H2,2-3H3,(H,15,18,19);3-4,7,10H,5-6H2,1-2H3,(H,15,17,18);3-4,7,9H,5-6H2,1-2H3,(H,15,17,18). The lowest BCUT2D eigenvalue weighted by molar-refractivity contribution is -0.142. The zero-order valence-electron chi connectivity index (χ0n) is 55.7. The highest BCUT2D eigenvalue weighted by molar-refractivity contribution is 6.06. The highest BCUT2D eigenvalue weighted by Gasteiger charge is 2.38. The van der Waals surface area contributed by atoms with E-state index in [0.717, 1.165) is 40.1 Å². The molecule has 13 amide bonds. The van der Waals surface area contributed by atoms with E-state index < -0.39 is 88.7 Å². The van der Waals surface area contributed by atoms with Gasteiger partial charge in [-0.2, -0.15) is 5.26 Å². The number of piperidine rings is 5. The summed E-state index contributed by atoms with van der Waals surface area (Å²) in [4.78, 5) is 170. The molecular weight excluding hydrogens is 1290 g/mol. The van der Waals surface area contributed by atoms with Crippen LogP contribution in [0.4, 0.5) is 13.2 Å². The van der Waals surface area contributed by atoms with Crippen LogP contribution < -0.4 is 26.6 Å². The van der Waals surface area contributed by atoms with E-state index in [1.165, 1.54) is 58.1 Å². The minimum Gasteiger partial charge on any atom is -0.351 e. The lowest BCUT2D eigenvalue weighted by Gasteiger charge is -2.31. The average Bonchev–Trinajstić information content (AvgIpc) is 0.773. The molecule has 4 aromatic rings. The maximum Gasteiger partial charge on any atom is 0.273 e. The second-order valence-electron chi connectivity index (χ2n) is 23.6. The van der Waals surface area contributed by atoms with E-state index in [-0.39, 0.29) is 71.7 Å². The van der Waals surface area contributed by atoms with Gasteiger partial charge in [-0.15, -0.1) is 0 Å². The van der Waals surface area contributed by atoms with Gasteiger partial charge in [0.2, 0.25) is 47.3 Å². The van der Waals surface area contributed by atoms with Crippen LogP contribution in [0.1, 0.15) is 123 Å². The first kappa shape index (κ1) is 76.2. The van der Waals surface area contributed by atoms with Crippen molar-refractivity contribution in [2.45, 2.75) is 108 Å². The third kappa shape index (κ3) is 19.7. The fourth-order valence-corrected chi connectivity index (χ4v) is 10.6. The Labute approximate surface area is 568 Å². The Morgan fingerprint density at radius 2 is 0.970 bits per heavy atom. The molecular formula is C69H75F3N14O13. The van der Waals surface area contributed by atoms with Crippen LogP contribution in [-0.2, 0) is 43.2 Å². The SMILES string of the molecule is C=C1C=CC(C(=O)N(C)C2CCC(=O)NC2=O)=CN1C.C=C1CCC(N(C)C(=O)c2c(F)cccc2F)C(=O)N1.C=C1CCC(N(C)C(=O)c2cc(C#N)ccc2F)C(=O)N1.Cc1ccc(C(=O)N(C)C2CCC(=O)NC2=O)cn1.Cc1cccnc1C(=O)N(C)C1CCC(=O)NC1=O. The molecule has 2 aromatic heterocycles. The number of amides is 13. The first-order chi connectivity index (χ1) is 46.7. The fourth-order valence-electron chi connectivity index (χ4n) is 10.6. The maximum absolute atomic E-state index is 13.8. The van der Waals surface area contributed by atoms with E-state index in [0.29, 0.717) is 73.2 Å². The number of benzene rings is 2. The van der Waals surface area contributed by atoms with Crippen molar-refractivity contribution in [1.29, 1.82) is 5.26 Å². The molecule has 0 saturated carbocycles.